The number of amides is 3. The summed E-state index contributed by atoms with van der Waals surface area (Å²) < 4.78 is 29.4. The van der Waals surface area contributed by atoms with Crippen LogP contribution < -0.4 is 15.5 Å². The Morgan fingerprint density at radius 3 is 2.34 bits per heavy atom. The predicted octanol–water partition coefficient (Wildman–Crippen LogP) is 2.04. The number of carbonyl (C=O) groups excluding carboxylic acids is 3. The van der Waals surface area contributed by atoms with E-state index in [0.29, 0.717) is 18.8 Å². The minimum atomic E-state index is -1.02. The van der Waals surface area contributed by atoms with E-state index in [1.807, 2.05) is 26.0 Å². The van der Waals surface area contributed by atoms with E-state index in [4.69, 9.17) is 0 Å². The van der Waals surface area contributed by atoms with Gasteiger partial charge in [0.25, 0.3) is 0 Å². The summed E-state index contributed by atoms with van der Waals surface area (Å²) in [6.07, 6.45) is 0.361. The zero-order valence-corrected chi connectivity index (χ0v) is 17.9. The molecule has 4 rings (SSSR count). The number of aromatic nitrogens is 1. The van der Waals surface area contributed by atoms with E-state index in [2.05, 4.69) is 15.6 Å². The number of nitrogens with zero attached hydrogens (tertiary/aromatic N) is 2. The summed E-state index contributed by atoms with van der Waals surface area (Å²) in [5.74, 6) is -3.89. The minimum Gasteiger partial charge on any atom is -0.367 e. The third-order valence-electron chi connectivity index (χ3n) is 5.77. The van der Waals surface area contributed by atoms with Crippen LogP contribution in [0.4, 0.5) is 14.5 Å². The molecule has 7 nitrogen and oxygen atoms in total. The Morgan fingerprint density at radius 1 is 1.12 bits per heavy atom. The molecule has 168 valence electrons. The predicted molar refractivity (Wildman–Crippen MR) is 113 cm³/mol. The number of carbonyl (C=O) groups is 3. The SMILES string of the molecule is Cc1cc(CC(=O)NC2CN(c3cc(F)c(C4CCC(=O)NC4=O)c(F)c3)C2)cc(C)n1. The van der Waals surface area contributed by atoms with Crippen molar-refractivity contribution < 1.29 is 23.2 Å². The van der Waals surface area contributed by atoms with Crippen LogP contribution in [0.15, 0.2) is 24.3 Å². The number of rotatable bonds is 5. The number of anilines is 1. The molecular weight excluding hydrogens is 418 g/mol. The number of aryl methyl sites for hydroxylation is 2. The van der Waals surface area contributed by atoms with Crippen LogP contribution in [0.5, 0.6) is 0 Å². The lowest BCUT2D eigenvalue weighted by atomic mass is 9.89. The van der Waals surface area contributed by atoms with Crippen molar-refractivity contribution in [3.05, 3.63) is 58.4 Å². The first kappa shape index (κ1) is 21.9. The fraction of sp³-hybridized carbons (Fsp3) is 0.391. The van der Waals surface area contributed by atoms with Gasteiger partial charge in [-0.25, -0.2) is 8.78 Å². The van der Waals surface area contributed by atoms with E-state index in [1.165, 1.54) is 12.1 Å². The number of halogens is 2. The maximum atomic E-state index is 14.7. The first-order valence-corrected chi connectivity index (χ1v) is 10.5. The largest absolute Gasteiger partial charge is 0.367 e. The van der Waals surface area contributed by atoms with Crippen LogP contribution in [0.25, 0.3) is 0 Å². The minimum absolute atomic E-state index is 0.0448. The average molecular weight is 442 g/mol. The number of nitrogens with one attached hydrogen (secondary N) is 2. The smallest absolute Gasteiger partial charge is 0.234 e. The van der Waals surface area contributed by atoms with Crippen LogP contribution in [0.1, 0.15) is 41.3 Å². The third kappa shape index (κ3) is 4.61. The van der Waals surface area contributed by atoms with Crippen LogP contribution in [0.3, 0.4) is 0 Å². The van der Waals surface area contributed by atoms with Crippen molar-refractivity contribution in [3.8, 4) is 0 Å². The fourth-order valence-corrected chi connectivity index (χ4v) is 4.32. The summed E-state index contributed by atoms with van der Waals surface area (Å²) in [6, 6.07) is 6.02. The van der Waals surface area contributed by atoms with Gasteiger partial charge in [0.2, 0.25) is 17.7 Å². The first-order valence-electron chi connectivity index (χ1n) is 10.5. The third-order valence-corrected chi connectivity index (χ3v) is 5.77. The zero-order valence-electron chi connectivity index (χ0n) is 17.9. The van der Waals surface area contributed by atoms with Gasteiger partial charge in [-0.2, -0.15) is 0 Å². The molecule has 3 heterocycles. The van der Waals surface area contributed by atoms with Crippen molar-refractivity contribution in [2.75, 3.05) is 18.0 Å². The second-order valence-electron chi connectivity index (χ2n) is 8.43. The molecule has 1 unspecified atom stereocenters. The number of hydrogen-bond acceptors (Lipinski definition) is 5. The highest BCUT2D eigenvalue weighted by Crippen LogP contribution is 2.33. The molecule has 1 atom stereocenters. The molecule has 2 aliphatic rings. The van der Waals surface area contributed by atoms with Gasteiger partial charge in [-0.05, 0) is 50.1 Å². The van der Waals surface area contributed by atoms with Gasteiger partial charge in [0.1, 0.15) is 11.6 Å². The summed E-state index contributed by atoms with van der Waals surface area (Å²) in [5.41, 5.74) is 2.63. The van der Waals surface area contributed by atoms with Gasteiger partial charge in [0, 0.05) is 42.1 Å². The van der Waals surface area contributed by atoms with E-state index in [-0.39, 0.29) is 36.8 Å². The molecule has 0 spiro atoms. The molecule has 1 aromatic carbocycles. The number of piperidine rings is 1. The highest BCUT2D eigenvalue weighted by atomic mass is 19.1. The quantitative estimate of drug-likeness (QED) is 0.692. The van der Waals surface area contributed by atoms with Crippen LogP contribution in [0, 0.1) is 25.5 Å². The molecule has 32 heavy (non-hydrogen) atoms. The molecule has 2 fully saturated rings. The lowest BCUT2D eigenvalue weighted by Crippen LogP contribution is -2.59. The summed E-state index contributed by atoms with van der Waals surface area (Å²) in [7, 11) is 0. The fourth-order valence-electron chi connectivity index (χ4n) is 4.32. The molecule has 0 aliphatic carbocycles. The van der Waals surface area contributed by atoms with Crippen molar-refractivity contribution >= 4 is 23.4 Å². The Hall–Kier alpha value is -3.36. The Morgan fingerprint density at radius 2 is 1.75 bits per heavy atom. The van der Waals surface area contributed by atoms with Gasteiger partial charge in [0.05, 0.1) is 18.4 Å². The Kier molecular flexibility index (Phi) is 5.90. The number of imide groups is 1. The summed E-state index contributed by atoms with van der Waals surface area (Å²) in [6.45, 7) is 4.61. The topological polar surface area (TPSA) is 91.4 Å². The Labute approximate surface area is 184 Å². The molecule has 0 bridgehead atoms. The van der Waals surface area contributed by atoms with Gasteiger partial charge in [-0.15, -0.1) is 0 Å². The highest BCUT2D eigenvalue weighted by Gasteiger charge is 2.34. The van der Waals surface area contributed by atoms with E-state index < -0.39 is 29.4 Å². The van der Waals surface area contributed by atoms with Crippen molar-refractivity contribution in [2.24, 2.45) is 0 Å². The Bertz CT molecular complexity index is 1060. The summed E-state index contributed by atoms with van der Waals surface area (Å²) >= 11 is 0. The number of hydrogen-bond donors (Lipinski definition) is 2. The lowest BCUT2D eigenvalue weighted by molar-refractivity contribution is -0.134. The standard InChI is InChI=1S/C23H24F2N4O3/c1-12-5-14(6-13(2)26-12)7-21(31)27-15-10-29(11-15)16-8-18(24)22(19(25)9-16)17-3-4-20(30)28-23(17)32/h5-6,8-9,15,17H,3-4,7,10-11H2,1-2H3,(H,27,31)(H,28,30,32). The van der Waals surface area contributed by atoms with Crippen molar-refractivity contribution in [1.29, 1.82) is 0 Å². The summed E-state index contributed by atoms with van der Waals surface area (Å²) in [4.78, 5) is 41.7. The van der Waals surface area contributed by atoms with Gasteiger partial charge < -0.3 is 10.2 Å². The van der Waals surface area contributed by atoms with Crippen molar-refractivity contribution in [1.82, 2.24) is 15.6 Å². The maximum absolute atomic E-state index is 14.7. The van der Waals surface area contributed by atoms with E-state index in [0.717, 1.165) is 17.0 Å². The van der Waals surface area contributed by atoms with E-state index >= 15 is 0 Å². The van der Waals surface area contributed by atoms with Gasteiger partial charge >= 0.3 is 0 Å². The highest BCUT2D eigenvalue weighted by molar-refractivity contribution is 6.01. The molecule has 2 aliphatic heterocycles. The normalized spacial score (nSPS) is 18.9. The zero-order chi connectivity index (χ0) is 23.0. The second kappa shape index (κ2) is 8.64. The van der Waals surface area contributed by atoms with E-state index in [1.54, 1.807) is 4.90 Å². The monoisotopic (exact) mass is 442 g/mol. The van der Waals surface area contributed by atoms with Crippen LogP contribution in [-0.4, -0.2) is 41.8 Å². The molecule has 0 radical (unpaired) electrons. The molecule has 3 amide bonds. The summed E-state index contributed by atoms with van der Waals surface area (Å²) in [5, 5.41) is 5.06. The average Bonchev–Trinajstić information content (AvgIpc) is 2.64. The molecule has 2 N–H and O–H groups in total. The molecule has 2 saturated heterocycles. The molecule has 9 heteroatoms. The molecular formula is C23H24F2N4O3. The first-order chi connectivity index (χ1) is 15.2. The molecule has 2 aromatic rings. The van der Waals surface area contributed by atoms with Crippen molar-refractivity contribution in [3.63, 3.8) is 0 Å². The maximum Gasteiger partial charge on any atom is 0.234 e. The van der Waals surface area contributed by atoms with E-state index in [9.17, 15) is 23.2 Å². The van der Waals surface area contributed by atoms with Gasteiger partial charge in [0.15, 0.2) is 0 Å². The van der Waals surface area contributed by atoms with Gasteiger partial charge in [-0.3, -0.25) is 24.7 Å². The number of benzene rings is 1. The Balaban J connectivity index is 1.36. The van der Waals surface area contributed by atoms with Crippen molar-refractivity contribution in [2.45, 2.75) is 45.1 Å². The van der Waals surface area contributed by atoms with Crippen LogP contribution in [0.2, 0.25) is 0 Å². The lowest BCUT2D eigenvalue weighted by Gasteiger charge is -2.41. The van der Waals surface area contributed by atoms with Gasteiger partial charge in [-0.1, -0.05) is 0 Å². The van der Waals surface area contributed by atoms with Crippen LogP contribution >= 0.6 is 0 Å². The molecule has 0 saturated carbocycles. The van der Waals surface area contributed by atoms with Crippen LogP contribution in [-0.2, 0) is 20.8 Å². The second-order valence-corrected chi connectivity index (χ2v) is 8.43. The number of pyridine rings is 1. The molecule has 1 aromatic heterocycles.